The SMILES string of the molecule is CC(C)C(=O)Nc1nc2c(ncn2[C@@H]2O[C@H](COC3CCCCO3)[C@@H](OC3CCCCO3)[C@@H]2OS(=O)(=O)C(F)(F)F)c(=O)[nH]1.N#N. The molecule has 2 aromatic heterocycles. The molecule has 46 heavy (non-hydrogen) atoms. The summed E-state index contributed by atoms with van der Waals surface area (Å²) >= 11 is 0. The van der Waals surface area contributed by atoms with Gasteiger partial charge in [-0.25, -0.2) is 4.98 Å². The fourth-order valence-corrected chi connectivity index (χ4v) is 5.61. The van der Waals surface area contributed by atoms with E-state index in [-0.39, 0.29) is 23.7 Å². The third kappa shape index (κ3) is 8.17. The lowest BCUT2D eigenvalue weighted by atomic mass is 10.1. The van der Waals surface area contributed by atoms with Crippen LogP contribution in [-0.4, -0.2) is 90.1 Å². The molecule has 3 aliphatic rings. The summed E-state index contributed by atoms with van der Waals surface area (Å²) < 4.78 is 101. The van der Waals surface area contributed by atoms with Crippen molar-refractivity contribution in [3.05, 3.63) is 16.7 Å². The first-order valence-corrected chi connectivity index (χ1v) is 15.9. The molecular formula is C25H34F3N7O10S. The van der Waals surface area contributed by atoms with Gasteiger partial charge < -0.3 is 23.7 Å². The minimum Gasteiger partial charge on any atom is -0.353 e. The van der Waals surface area contributed by atoms with Gasteiger partial charge in [0.25, 0.3) is 5.56 Å². The maximum Gasteiger partial charge on any atom is 0.523 e. The molecule has 0 aromatic carbocycles. The van der Waals surface area contributed by atoms with E-state index in [0.29, 0.717) is 32.5 Å². The lowest BCUT2D eigenvalue weighted by Gasteiger charge is -2.31. The van der Waals surface area contributed by atoms with Crippen molar-refractivity contribution in [3.8, 4) is 0 Å². The number of carbonyl (C=O) groups excluding carboxylic acids is 1. The first-order valence-electron chi connectivity index (χ1n) is 14.5. The number of hydrogen-bond acceptors (Lipinski definition) is 14. The summed E-state index contributed by atoms with van der Waals surface area (Å²) in [5.74, 6) is -1.21. The van der Waals surface area contributed by atoms with E-state index >= 15 is 0 Å². The quantitative estimate of drug-likeness (QED) is 0.208. The van der Waals surface area contributed by atoms with Crippen molar-refractivity contribution in [2.24, 2.45) is 5.92 Å². The lowest BCUT2D eigenvalue weighted by Crippen LogP contribution is -2.45. The van der Waals surface area contributed by atoms with Crippen LogP contribution in [0.2, 0.25) is 0 Å². The van der Waals surface area contributed by atoms with Gasteiger partial charge in [-0.1, -0.05) is 13.8 Å². The van der Waals surface area contributed by atoms with Crippen LogP contribution in [0.5, 0.6) is 0 Å². The Morgan fingerprint density at radius 3 is 2.37 bits per heavy atom. The number of H-pyrrole nitrogens is 1. The molecule has 17 nitrogen and oxygen atoms in total. The fraction of sp³-hybridized carbons (Fsp3) is 0.760. The number of ether oxygens (including phenoxy) is 5. The van der Waals surface area contributed by atoms with Crippen LogP contribution in [0.25, 0.3) is 11.2 Å². The molecule has 0 radical (unpaired) electrons. The molecule has 3 aliphatic heterocycles. The highest BCUT2D eigenvalue weighted by molar-refractivity contribution is 7.87. The highest BCUT2D eigenvalue weighted by Gasteiger charge is 2.56. The van der Waals surface area contributed by atoms with E-state index in [4.69, 9.17) is 38.7 Å². The van der Waals surface area contributed by atoms with Crippen molar-refractivity contribution in [1.82, 2.24) is 19.5 Å². The van der Waals surface area contributed by atoms with Gasteiger partial charge in [-0.05, 0) is 38.5 Å². The number of nitrogens with one attached hydrogen (secondary N) is 2. The maximum absolute atomic E-state index is 13.6. The van der Waals surface area contributed by atoms with Crippen molar-refractivity contribution < 1.29 is 54.3 Å². The normalized spacial score (nSPS) is 27.3. The third-order valence-corrected chi connectivity index (χ3v) is 8.35. The van der Waals surface area contributed by atoms with Gasteiger partial charge in [-0.3, -0.25) is 28.6 Å². The maximum atomic E-state index is 13.6. The highest BCUT2D eigenvalue weighted by Crippen LogP contribution is 2.40. The molecule has 21 heteroatoms. The summed E-state index contributed by atoms with van der Waals surface area (Å²) in [6.45, 7) is 3.75. The number of hydrogen-bond donors (Lipinski definition) is 2. The highest BCUT2D eigenvalue weighted by atomic mass is 32.2. The zero-order chi connectivity index (χ0) is 33.6. The number of alkyl halides is 3. The van der Waals surface area contributed by atoms with E-state index in [1.807, 2.05) is 0 Å². The first-order chi connectivity index (χ1) is 21.8. The van der Waals surface area contributed by atoms with Crippen LogP contribution in [0.3, 0.4) is 0 Å². The van der Waals surface area contributed by atoms with Gasteiger partial charge in [0.2, 0.25) is 11.9 Å². The Morgan fingerprint density at radius 1 is 1.13 bits per heavy atom. The van der Waals surface area contributed by atoms with Crippen LogP contribution < -0.4 is 10.9 Å². The Morgan fingerprint density at radius 2 is 1.78 bits per heavy atom. The molecule has 2 unspecified atom stereocenters. The number of rotatable bonds is 10. The molecule has 5 rings (SSSR count). The summed E-state index contributed by atoms with van der Waals surface area (Å²) in [7, 11) is -6.18. The second-order valence-electron chi connectivity index (χ2n) is 10.9. The average molecular weight is 682 g/mol. The van der Waals surface area contributed by atoms with Gasteiger partial charge in [-0.2, -0.15) is 26.6 Å². The van der Waals surface area contributed by atoms with Gasteiger partial charge in [0.05, 0.1) is 12.9 Å². The standard InChI is InChI=1S/C25H34F3N5O10S.N2/c1-13(2)21(34)31-24-30-20-17(22(35)32-24)29-12-33(20)23-19(43-44(36,37)25(26,27)28)18(42-16-8-4-6-10-39-16)14(41-23)11-40-15-7-3-5-9-38-15;1-2/h12-16,18-19,23H,3-11H2,1-2H3,(H2,30,31,32,34,35);/t14-,15?,16?,18-,19+,23-;/m1./s1. The number of imidazole rings is 1. The Hall–Kier alpha value is -3.26. The molecular weight excluding hydrogens is 647 g/mol. The number of amides is 1. The fourth-order valence-electron chi connectivity index (χ4n) is 5.01. The largest absolute Gasteiger partial charge is 0.523 e. The van der Waals surface area contributed by atoms with E-state index in [9.17, 15) is 31.2 Å². The van der Waals surface area contributed by atoms with E-state index in [2.05, 4.69) is 20.3 Å². The Bertz CT molecular complexity index is 1520. The Labute approximate surface area is 260 Å². The zero-order valence-electron chi connectivity index (χ0n) is 24.8. The van der Waals surface area contributed by atoms with E-state index < -0.39 is 70.1 Å². The van der Waals surface area contributed by atoms with Crippen molar-refractivity contribution in [3.63, 3.8) is 0 Å². The average Bonchev–Trinajstić information content (AvgIpc) is 3.58. The second-order valence-corrected chi connectivity index (χ2v) is 12.5. The van der Waals surface area contributed by atoms with Gasteiger partial charge in [-0.15, -0.1) is 0 Å². The molecule has 256 valence electrons. The minimum atomic E-state index is -6.18. The van der Waals surface area contributed by atoms with Crippen molar-refractivity contribution in [2.75, 3.05) is 25.1 Å². The van der Waals surface area contributed by atoms with Gasteiger partial charge in [0.1, 0.15) is 12.2 Å². The number of anilines is 1. The molecule has 6 atom stereocenters. The molecule has 2 aromatic rings. The number of carbonyl (C=O) groups is 1. The molecule has 0 saturated carbocycles. The number of aromatic amines is 1. The second kappa shape index (κ2) is 15.1. The summed E-state index contributed by atoms with van der Waals surface area (Å²) in [4.78, 5) is 35.6. The Balaban J connectivity index is 0.00000235. The minimum absolute atomic E-state index is 0.222. The van der Waals surface area contributed by atoms with Crippen LogP contribution in [0.1, 0.15) is 58.6 Å². The number of halogens is 3. The van der Waals surface area contributed by atoms with E-state index in [0.717, 1.165) is 30.2 Å². The summed E-state index contributed by atoms with van der Waals surface area (Å²) in [6.07, 6.45) is -2.61. The molecule has 0 aliphatic carbocycles. The molecule has 0 bridgehead atoms. The van der Waals surface area contributed by atoms with E-state index in [1.54, 1.807) is 13.8 Å². The first kappa shape index (κ1) is 35.6. The molecule has 0 spiro atoms. The van der Waals surface area contributed by atoms with Crippen LogP contribution in [0.4, 0.5) is 19.1 Å². The molecule has 1 amide bonds. The zero-order valence-corrected chi connectivity index (χ0v) is 25.7. The monoisotopic (exact) mass is 681 g/mol. The summed E-state index contributed by atoms with van der Waals surface area (Å²) in [6, 6.07) is 0. The number of aromatic nitrogens is 4. The number of nitrogens with zero attached hydrogens (tertiary/aromatic N) is 5. The van der Waals surface area contributed by atoms with Crippen LogP contribution >= 0.6 is 0 Å². The Kier molecular flexibility index (Phi) is 11.7. The third-order valence-electron chi connectivity index (χ3n) is 7.31. The smallest absolute Gasteiger partial charge is 0.353 e. The molecule has 3 fully saturated rings. The number of fused-ring (bicyclic) bond motifs is 1. The van der Waals surface area contributed by atoms with Crippen LogP contribution in [0, 0.1) is 16.7 Å². The van der Waals surface area contributed by atoms with E-state index in [1.165, 1.54) is 0 Å². The summed E-state index contributed by atoms with van der Waals surface area (Å²) in [5, 5.41) is 14.4. The van der Waals surface area contributed by atoms with Crippen molar-refractivity contribution >= 4 is 33.1 Å². The van der Waals surface area contributed by atoms with Crippen molar-refractivity contribution in [2.45, 2.75) is 95.0 Å². The predicted molar refractivity (Wildman–Crippen MR) is 147 cm³/mol. The molecule has 5 heterocycles. The van der Waals surface area contributed by atoms with Crippen molar-refractivity contribution in [1.29, 1.82) is 10.8 Å². The molecule has 3 saturated heterocycles. The van der Waals surface area contributed by atoms with Crippen LogP contribution in [-0.2, 0) is 42.8 Å². The van der Waals surface area contributed by atoms with Gasteiger partial charge in [0, 0.05) is 29.9 Å². The molecule has 2 N–H and O–H groups in total. The summed E-state index contributed by atoms with van der Waals surface area (Å²) in [5.41, 5.74) is -7.02. The van der Waals surface area contributed by atoms with Crippen LogP contribution in [0.15, 0.2) is 11.1 Å². The topological polar surface area (TPSA) is 230 Å². The van der Waals surface area contributed by atoms with Gasteiger partial charge in [0.15, 0.2) is 36.1 Å². The lowest BCUT2D eigenvalue weighted by molar-refractivity contribution is -0.222. The van der Waals surface area contributed by atoms with Gasteiger partial charge >= 0.3 is 15.6 Å². The predicted octanol–water partition coefficient (Wildman–Crippen LogP) is 2.33.